The molecule has 0 aromatic carbocycles. The Labute approximate surface area is 66.0 Å². The van der Waals surface area contributed by atoms with E-state index in [4.69, 9.17) is 10.8 Å². The van der Waals surface area contributed by atoms with Crippen molar-refractivity contribution in [3.63, 3.8) is 0 Å². The van der Waals surface area contributed by atoms with Crippen LogP contribution < -0.4 is 5.73 Å². The Morgan fingerprint density at radius 2 is 2.10 bits per heavy atom. The van der Waals surface area contributed by atoms with Gasteiger partial charge < -0.3 is 10.8 Å². The summed E-state index contributed by atoms with van der Waals surface area (Å²) >= 11 is 0. The summed E-state index contributed by atoms with van der Waals surface area (Å²) in [7, 11) is 0. The zero-order chi connectivity index (χ0) is 6.85. The first-order valence-electron chi connectivity index (χ1n) is 3.20. The summed E-state index contributed by atoms with van der Waals surface area (Å²) in [6, 6.07) is -0.612. The third kappa shape index (κ3) is 1.85. The zero-order valence-electron chi connectivity index (χ0n) is 5.62. The van der Waals surface area contributed by atoms with E-state index in [1.54, 1.807) is 0 Å². The summed E-state index contributed by atoms with van der Waals surface area (Å²) < 4.78 is 0. The quantitative estimate of drug-likeness (QED) is 0.631. The van der Waals surface area contributed by atoms with Crippen LogP contribution >= 0.6 is 12.4 Å². The van der Waals surface area contributed by atoms with Gasteiger partial charge in [-0.2, -0.15) is 0 Å². The molecule has 0 unspecified atom stereocenters. The van der Waals surface area contributed by atoms with Gasteiger partial charge in [0.1, 0.15) is 6.04 Å². The molecule has 0 saturated heterocycles. The van der Waals surface area contributed by atoms with Gasteiger partial charge in [-0.05, 0) is 18.8 Å². The molecule has 0 amide bonds. The van der Waals surface area contributed by atoms with E-state index in [1.165, 1.54) is 0 Å². The van der Waals surface area contributed by atoms with E-state index >= 15 is 0 Å². The van der Waals surface area contributed by atoms with Crippen molar-refractivity contribution in [2.24, 2.45) is 11.7 Å². The van der Waals surface area contributed by atoms with Gasteiger partial charge in [-0.3, -0.25) is 4.79 Å². The highest BCUT2D eigenvalue weighted by Gasteiger charge is 2.28. The normalized spacial score (nSPS) is 20.5. The second kappa shape index (κ2) is 3.78. The number of hydrogen-bond acceptors (Lipinski definition) is 2. The molecule has 1 fully saturated rings. The van der Waals surface area contributed by atoms with Crippen molar-refractivity contribution < 1.29 is 9.90 Å². The van der Waals surface area contributed by atoms with Crippen molar-refractivity contribution in [1.82, 2.24) is 0 Å². The summed E-state index contributed by atoms with van der Waals surface area (Å²) in [6.07, 6.45) is 3.13. The average molecular weight is 166 g/mol. The van der Waals surface area contributed by atoms with E-state index in [2.05, 4.69) is 0 Å². The Bertz CT molecular complexity index is 125. The van der Waals surface area contributed by atoms with Crippen molar-refractivity contribution in [3.05, 3.63) is 0 Å². The highest BCUT2D eigenvalue weighted by Crippen LogP contribution is 2.28. The Hall–Kier alpha value is -0.280. The average Bonchev–Trinajstić information content (AvgIpc) is 1.60. The first-order valence-corrected chi connectivity index (χ1v) is 3.20. The minimum atomic E-state index is -0.861. The van der Waals surface area contributed by atoms with Crippen molar-refractivity contribution in [2.45, 2.75) is 25.3 Å². The van der Waals surface area contributed by atoms with Crippen LogP contribution in [0.5, 0.6) is 0 Å². The van der Waals surface area contributed by atoms with Gasteiger partial charge in [0.15, 0.2) is 0 Å². The maximum Gasteiger partial charge on any atom is 0.320 e. The molecule has 60 valence electrons. The molecule has 10 heavy (non-hydrogen) atoms. The van der Waals surface area contributed by atoms with Crippen molar-refractivity contribution in [3.8, 4) is 0 Å². The molecule has 0 aromatic rings. The monoisotopic (exact) mass is 165 g/mol. The lowest BCUT2D eigenvalue weighted by molar-refractivity contribution is -0.140. The predicted octanol–water partition coefficient (Wildman–Crippen LogP) is 0.620. The summed E-state index contributed by atoms with van der Waals surface area (Å²) in [5.41, 5.74) is 5.32. The predicted molar refractivity (Wildman–Crippen MR) is 40.2 cm³/mol. The van der Waals surface area contributed by atoms with Crippen LogP contribution in [-0.2, 0) is 4.79 Å². The van der Waals surface area contributed by atoms with E-state index < -0.39 is 12.0 Å². The Kier molecular flexibility index (Phi) is 3.68. The number of hydrogen-bond donors (Lipinski definition) is 2. The second-order valence-electron chi connectivity index (χ2n) is 2.56. The molecule has 0 radical (unpaired) electrons. The van der Waals surface area contributed by atoms with Gasteiger partial charge in [-0.1, -0.05) is 6.42 Å². The Morgan fingerprint density at radius 1 is 1.60 bits per heavy atom. The van der Waals surface area contributed by atoms with Crippen molar-refractivity contribution in [2.75, 3.05) is 0 Å². The number of halogens is 1. The molecule has 1 saturated carbocycles. The molecular weight excluding hydrogens is 154 g/mol. The lowest BCUT2D eigenvalue weighted by Crippen LogP contribution is -2.41. The fraction of sp³-hybridized carbons (Fsp3) is 0.833. The van der Waals surface area contributed by atoms with Crippen LogP contribution in [0.25, 0.3) is 0 Å². The third-order valence-electron chi connectivity index (χ3n) is 1.94. The van der Waals surface area contributed by atoms with Gasteiger partial charge in [-0.15, -0.1) is 12.4 Å². The van der Waals surface area contributed by atoms with Crippen LogP contribution in [-0.4, -0.2) is 17.1 Å². The largest absolute Gasteiger partial charge is 0.480 e. The summed E-state index contributed by atoms with van der Waals surface area (Å²) in [5.74, 6) is -0.609. The maximum atomic E-state index is 10.2. The summed E-state index contributed by atoms with van der Waals surface area (Å²) in [6.45, 7) is 0. The SMILES string of the molecule is Cl.N[C@H](C(=O)O)C1CCC1. The molecule has 1 aliphatic carbocycles. The smallest absolute Gasteiger partial charge is 0.320 e. The lowest BCUT2D eigenvalue weighted by atomic mass is 9.80. The number of nitrogens with two attached hydrogens (primary N) is 1. The Balaban J connectivity index is 0.000000810. The first-order chi connectivity index (χ1) is 4.22. The van der Waals surface area contributed by atoms with Crippen LogP contribution in [0.4, 0.5) is 0 Å². The topological polar surface area (TPSA) is 63.3 Å². The van der Waals surface area contributed by atoms with Gasteiger partial charge in [0.2, 0.25) is 0 Å². The molecular formula is C6H12ClNO2. The lowest BCUT2D eigenvalue weighted by Gasteiger charge is -2.28. The van der Waals surface area contributed by atoms with Crippen LogP contribution in [0, 0.1) is 5.92 Å². The Morgan fingerprint density at radius 3 is 2.20 bits per heavy atom. The van der Waals surface area contributed by atoms with Gasteiger partial charge in [0, 0.05) is 0 Å². The van der Waals surface area contributed by atoms with Crippen molar-refractivity contribution >= 4 is 18.4 Å². The number of aliphatic carboxylic acids is 1. The number of carbonyl (C=O) groups is 1. The molecule has 4 heteroatoms. The van der Waals surface area contributed by atoms with Crippen LogP contribution in [0.1, 0.15) is 19.3 Å². The van der Waals surface area contributed by atoms with E-state index in [0.717, 1.165) is 19.3 Å². The second-order valence-corrected chi connectivity index (χ2v) is 2.56. The molecule has 0 spiro atoms. The van der Waals surface area contributed by atoms with Crippen LogP contribution in [0.2, 0.25) is 0 Å². The molecule has 0 aliphatic heterocycles. The highest BCUT2D eigenvalue weighted by molar-refractivity contribution is 5.85. The van der Waals surface area contributed by atoms with E-state index in [1.807, 2.05) is 0 Å². The molecule has 0 aromatic heterocycles. The summed E-state index contributed by atoms with van der Waals surface area (Å²) in [5, 5.41) is 8.39. The molecule has 1 aliphatic rings. The standard InChI is InChI=1S/C6H11NO2.ClH/c7-5(6(8)9)4-2-1-3-4;/h4-5H,1-3,7H2,(H,8,9);1H/t5-;/m0./s1. The molecule has 3 N–H and O–H groups in total. The fourth-order valence-corrected chi connectivity index (χ4v) is 1.00. The van der Waals surface area contributed by atoms with E-state index in [-0.39, 0.29) is 18.3 Å². The van der Waals surface area contributed by atoms with Gasteiger partial charge in [0.25, 0.3) is 0 Å². The molecule has 3 nitrogen and oxygen atoms in total. The highest BCUT2D eigenvalue weighted by atomic mass is 35.5. The summed E-state index contributed by atoms with van der Waals surface area (Å²) in [4.78, 5) is 10.2. The minimum absolute atomic E-state index is 0. The van der Waals surface area contributed by atoms with Crippen LogP contribution in [0.3, 0.4) is 0 Å². The first kappa shape index (κ1) is 9.72. The molecule has 1 atom stereocenters. The number of carboxylic acids is 1. The number of rotatable bonds is 2. The third-order valence-corrected chi connectivity index (χ3v) is 1.94. The fourth-order valence-electron chi connectivity index (χ4n) is 1.00. The van der Waals surface area contributed by atoms with Gasteiger partial charge >= 0.3 is 5.97 Å². The molecule has 0 heterocycles. The van der Waals surface area contributed by atoms with E-state index in [0.29, 0.717) is 0 Å². The van der Waals surface area contributed by atoms with Gasteiger partial charge in [-0.25, -0.2) is 0 Å². The molecule has 0 bridgehead atoms. The molecule has 1 rings (SSSR count). The number of carboxylic acid groups (broad SMARTS) is 1. The van der Waals surface area contributed by atoms with Gasteiger partial charge in [0.05, 0.1) is 0 Å². The van der Waals surface area contributed by atoms with Crippen molar-refractivity contribution in [1.29, 1.82) is 0 Å². The minimum Gasteiger partial charge on any atom is -0.480 e. The van der Waals surface area contributed by atoms with E-state index in [9.17, 15) is 4.79 Å². The van der Waals surface area contributed by atoms with Crippen LogP contribution in [0.15, 0.2) is 0 Å². The zero-order valence-corrected chi connectivity index (χ0v) is 6.43. The maximum absolute atomic E-state index is 10.2.